The zero-order valence-electron chi connectivity index (χ0n) is 8.53. The summed E-state index contributed by atoms with van der Waals surface area (Å²) in [5.74, 6) is -0.101. The molecule has 0 amide bonds. The Morgan fingerprint density at radius 1 is 1.38 bits per heavy atom. The Morgan fingerprint density at radius 3 is 2.56 bits per heavy atom. The van der Waals surface area contributed by atoms with Gasteiger partial charge in [0.15, 0.2) is 0 Å². The molecule has 0 saturated carbocycles. The van der Waals surface area contributed by atoms with Crippen LogP contribution in [0.2, 0.25) is 0 Å². The van der Waals surface area contributed by atoms with Gasteiger partial charge < -0.3 is 10.1 Å². The highest BCUT2D eigenvalue weighted by Gasteiger charge is 2.20. The summed E-state index contributed by atoms with van der Waals surface area (Å²) in [6.07, 6.45) is 3.46. The molecule has 1 heterocycles. The first-order valence-corrected chi connectivity index (χ1v) is 5.78. The molecule has 0 aliphatic carbocycles. The van der Waals surface area contributed by atoms with Gasteiger partial charge >= 0.3 is 5.82 Å². The topological polar surface area (TPSA) is 61.0 Å². The fourth-order valence-corrected chi connectivity index (χ4v) is 1.84. The van der Waals surface area contributed by atoms with Crippen LogP contribution in [0.5, 0.6) is 0 Å². The van der Waals surface area contributed by atoms with Crippen molar-refractivity contribution in [3.8, 4) is 5.69 Å². The quantitative estimate of drug-likeness (QED) is 0.466. The Balaban J connectivity index is 2.48. The molecule has 0 bridgehead atoms. The molecule has 2 rings (SSSR count). The summed E-state index contributed by atoms with van der Waals surface area (Å²) < 4.78 is 1.52. The molecular formula is C10H9N3O2S. The minimum absolute atomic E-state index is 0.101. The molecule has 5 nitrogen and oxygen atoms in total. The third-order valence-electron chi connectivity index (χ3n) is 2.08. The van der Waals surface area contributed by atoms with Gasteiger partial charge in [-0.1, -0.05) is 18.2 Å². The first-order chi connectivity index (χ1) is 7.72. The summed E-state index contributed by atoms with van der Waals surface area (Å²) in [6, 6.07) is 9.31. The summed E-state index contributed by atoms with van der Waals surface area (Å²) in [6.45, 7) is 0. The zero-order chi connectivity index (χ0) is 11.5. The fraction of sp³-hybridized carbons (Fsp3) is 0.100. The van der Waals surface area contributed by atoms with Gasteiger partial charge in [0.25, 0.3) is 0 Å². The highest BCUT2D eigenvalue weighted by atomic mass is 32.2. The molecule has 0 radical (unpaired) electrons. The fourth-order valence-electron chi connectivity index (χ4n) is 1.33. The zero-order valence-corrected chi connectivity index (χ0v) is 9.35. The van der Waals surface area contributed by atoms with Crippen LogP contribution in [0, 0.1) is 10.1 Å². The number of hydrogen-bond donors (Lipinski definition) is 0. The third-order valence-corrected chi connectivity index (χ3v) is 2.80. The lowest BCUT2D eigenvalue weighted by atomic mass is 10.3. The van der Waals surface area contributed by atoms with E-state index in [9.17, 15) is 10.1 Å². The molecule has 6 heteroatoms. The second-order valence-corrected chi connectivity index (χ2v) is 3.91. The van der Waals surface area contributed by atoms with Crippen molar-refractivity contribution in [1.29, 1.82) is 0 Å². The summed E-state index contributed by atoms with van der Waals surface area (Å²) >= 11 is 1.31. The molecule has 82 valence electrons. The van der Waals surface area contributed by atoms with Gasteiger partial charge in [-0.25, -0.2) is 0 Å². The van der Waals surface area contributed by atoms with Crippen molar-refractivity contribution in [3.05, 3.63) is 46.6 Å². The minimum Gasteiger partial charge on any atom is -0.358 e. The van der Waals surface area contributed by atoms with Crippen molar-refractivity contribution in [2.75, 3.05) is 6.26 Å². The van der Waals surface area contributed by atoms with E-state index in [1.165, 1.54) is 16.4 Å². The van der Waals surface area contributed by atoms with Crippen LogP contribution in [0.25, 0.3) is 5.69 Å². The van der Waals surface area contributed by atoms with Crippen molar-refractivity contribution in [2.45, 2.75) is 4.90 Å². The monoisotopic (exact) mass is 235 g/mol. The SMILES string of the molecule is CSc1cn(-c2ccccc2)nc1[N+](=O)[O-]. The lowest BCUT2D eigenvalue weighted by molar-refractivity contribution is -0.392. The van der Waals surface area contributed by atoms with E-state index < -0.39 is 4.92 Å². The van der Waals surface area contributed by atoms with Gasteiger partial charge in [0.1, 0.15) is 4.90 Å². The predicted octanol–water partition coefficient (Wildman–Crippen LogP) is 2.50. The Morgan fingerprint density at radius 2 is 2.06 bits per heavy atom. The van der Waals surface area contributed by atoms with Gasteiger partial charge in [0, 0.05) is 0 Å². The van der Waals surface area contributed by atoms with Crippen LogP contribution >= 0.6 is 11.8 Å². The van der Waals surface area contributed by atoms with Crippen molar-refractivity contribution in [2.24, 2.45) is 0 Å². The van der Waals surface area contributed by atoms with E-state index in [0.717, 1.165) is 5.69 Å². The molecule has 1 aromatic carbocycles. The van der Waals surface area contributed by atoms with Crippen LogP contribution in [-0.2, 0) is 0 Å². The molecule has 0 N–H and O–H groups in total. The minimum atomic E-state index is -0.467. The lowest BCUT2D eigenvalue weighted by Crippen LogP contribution is -1.95. The largest absolute Gasteiger partial charge is 0.404 e. The summed E-state index contributed by atoms with van der Waals surface area (Å²) in [5.41, 5.74) is 0.811. The second-order valence-electron chi connectivity index (χ2n) is 3.06. The maximum absolute atomic E-state index is 10.7. The van der Waals surface area contributed by atoms with E-state index in [1.807, 2.05) is 30.3 Å². The van der Waals surface area contributed by atoms with Crippen molar-refractivity contribution >= 4 is 17.6 Å². The predicted molar refractivity (Wildman–Crippen MR) is 62.0 cm³/mol. The van der Waals surface area contributed by atoms with Crippen molar-refractivity contribution < 1.29 is 4.92 Å². The molecule has 16 heavy (non-hydrogen) atoms. The average Bonchev–Trinajstić information content (AvgIpc) is 2.74. The van der Waals surface area contributed by atoms with E-state index in [4.69, 9.17) is 0 Å². The molecule has 0 fully saturated rings. The van der Waals surface area contributed by atoms with Gasteiger partial charge in [-0.2, -0.15) is 0 Å². The molecule has 0 unspecified atom stereocenters. The van der Waals surface area contributed by atoms with Crippen molar-refractivity contribution in [1.82, 2.24) is 9.78 Å². The van der Waals surface area contributed by atoms with Gasteiger partial charge in [-0.3, -0.25) is 0 Å². The van der Waals surface area contributed by atoms with Crippen LogP contribution in [0.15, 0.2) is 41.4 Å². The number of hydrogen-bond acceptors (Lipinski definition) is 4. The second kappa shape index (κ2) is 4.36. The van der Waals surface area contributed by atoms with E-state index in [0.29, 0.717) is 4.90 Å². The number of thioether (sulfide) groups is 1. The summed E-state index contributed by atoms with van der Waals surface area (Å²) in [7, 11) is 0. The number of nitro groups is 1. The molecule has 0 atom stereocenters. The van der Waals surface area contributed by atoms with Gasteiger partial charge in [0.2, 0.25) is 0 Å². The van der Waals surface area contributed by atoms with E-state index >= 15 is 0 Å². The van der Waals surface area contributed by atoms with Gasteiger partial charge in [-0.05, 0) is 23.3 Å². The Hall–Kier alpha value is -1.82. The number of rotatable bonds is 3. The normalized spacial score (nSPS) is 10.3. The highest BCUT2D eigenvalue weighted by Crippen LogP contribution is 2.26. The van der Waals surface area contributed by atoms with Crippen LogP contribution < -0.4 is 0 Å². The Kier molecular flexibility index (Phi) is 2.91. The van der Waals surface area contributed by atoms with Crippen molar-refractivity contribution in [3.63, 3.8) is 0 Å². The maximum Gasteiger partial charge on any atom is 0.404 e. The van der Waals surface area contributed by atoms with Crippen LogP contribution in [0.1, 0.15) is 0 Å². The average molecular weight is 235 g/mol. The van der Waals surface area contributed by atoms with E-state index in [-0.39, 0.29) is 5.82 Å². The standard InChI is InChI=1S/C10H9N3O2S/c1-16-9-7-12(11-10(9)13(14)15)8-5-3-2-4-6-8/h2-7H,1H3. The number of benzene rings is 1. The first kappa shape index (κ1) is 10.7. The first-order valence-electron chi connectivity index (χ1n) is 4.56. The Labute approximate surface area is 96.2 Å². The molecule has 0 saturated heterocycles. The number of nitrogens with zero attached hydrogens (tertiary/aromatic N) is 3. The lowest BCUT2D eigenvalue weighted by Gasteiger charge is -1.93. The van der Waals surface area contributed by atoms with Crippen LogP contribution in [0.3, 0.4) is 0 Å². The van der Waals surface area contributed by atoms with Crippen LogP contribution in [-0.4, -0.2) is 21.0 Å². The maximum atomic E-state index is 10.7. The summed E-state index contributed by atoms with van der Waals surface area (Å²) in [4.78, 5) is 10.8. The molecular weight excluding hydrogens is 226 g/mol. The highest BCUT2D eigenvalue weighted by molar-refractivity contribution is 7.98. The molecule has 0 spiro atoms. The van der Waals surface area contributed by atoms with E-state index in [2.05, 4.69) is 5.10 Å². The smallest absolute Gasteiger partial charge is 0.358 e. The third kappa shape index (κ3) is 1.92. The number of para-hydroxylation sites is 1. The van der Waals surface area contributed by atoms with E-state index in [1.54, 1.807) is 12.5 Å². The molecule has 0 aliphatic rings. The number of aromatic nitrogens is 2. The molecule has 2 aromatic rings. The Bertz CT molecular complexity index is 510. The molecule has 1 aromatic heterocycles. The van der Waals surface area contributed by atoms with Crippen LogP contribution in [0.4, 0.5) is 5.82 Å². The van der Waals surface area contributed by atoms with Gasteiger partial charge in [-0.15, -0.1) is 16.4 Å². The summed E-state index contributed by atoms with van der Waals surface area (Å²) in [5, 5.41) is 14.7. The van der Waals surface area contributed by atoms with Gasteiger partial charge in [0.05, 0.1) is 17.0 Å². The molecule has 0 aliphatic heterocycles.